The first-order chi connectivity index (χ1) is 12.0. The van der Waals surface area contributed by atoms with E-state index in [2.05, 4.69) is 17.2 Å². The quantitative estimate of drug-likeness (QED) is 0.698. The number of nitrogens with zero attached hydrogens (tertiary/aromatic N) is 2. The first-order valence-electron chi connectivity index (χ1n) is 7.80. The Morgan fingerprint density at radius 1 is 1.20 bits per heavy atom. The molecule has 1 aliphatic rings. The Hall–Kier alpha value is -3.00. The Morgan fingerprint density at radius 2 is 2.00 bits per heavy atom. The molecule has 4 rings (SSSR count). The molecule has 0 saturated heterocycles. The van der Waals surface area contributed by atoms with Gasteiger partial charge in [-0.15, -0.1) is 11.3 Å². The minimum absolute atomic E-state index is 0.0212. The molecule has 0 fully saturated rings. The fourth-order valence-corrected chi connectivity index (χ4v) is 4.07. The van der Waals surface area contributed by atoms with Crippen LogP contribution in [-0.4, -0.2) is 21.4 Å². The highest BCUT2D eigenvalue weighted by Crippen LogP contribution is 2.28. The van der Waals surface area contributed by atoms with Crippen LogP contribution >= 0.6 is 11.3 Å². The normalized spacial score (nSPS) is 13.3. The van der Waals surface area contributed by atoms with E-state index in [1.165, 1.54) is 4.57 Å². The van der Waals surface area contributed by atoms with Crippen molar-refractivity contribution in [2.45, 2.75) is 19.8 Å². The van der Waals surface area contributed by atoms with E-state index >= 15 is 0 Å². The van der Waals surface area contributed by atoms with Gasteiger partial charge in [0.05, 0.1) is 32.0 Å². The molecule has 1 aliphatic heterocycles. The molecular weight excluding hydrogens is 340 g/mol. The third kappa shape index (κ3) is 2.33. The zero-order valence-corrected chi connectivity index (χ0v) is 14.1. The summed E-state index contributed by atoms with van der Waals surface area (Å²) < 4.78 is 2.18. The highest BCUT2D eigenvalue weighted by Gasteiger charge is 2.31. The Labute approximate surface area is 146 Å². The number of benzene rings is 1. The number of anilines is 1. The number of thiazole rings is 1. The molecule has 3 aromatic rings. The zero-order chi connectivity index (χ0) is 17.7. The highest BCUT2D eigenvalue weighted by molar-refractivity contribution is 7.18. The van der Waals surface area contributed by atoms with Crippen LogP contribution in [0.2, 0.25) is 0 Å². The molecule has 3 N–H and O–H groups in total. The van der Waals surface area contributed by atoms with Crippen LogP contribution in [0, 0.1) is 0 Å². The Balaban J connectivity index is 1.92. The second kappa shape index (κ2) is 5.52. The van der Waals surface area contributed by atoms with Crippen molar-refractivity contribution in [1.29, 1.82) is 0 Å². The van der Waals surface area contributed by atoms with E-state index in [0.29, 0.717) is 5.69 Å². The highest BCUT2D eigenvalue weighted by atomic mass is 32.1. The largest absolute Gasteiger partial charge is 0.384 e. The number of fused-ring (bicyclic) bond motifs is 2. The predicted octanol–water partition coefficient (Wildman–Crippen LogP) is 1.87. The summed E-state index contributed by atoms with van der Waals surface area (Å²) in [5, 5.41) is 3.19. The molecule has 0 spiro atoms. The lowest BCUT2D eigenvalue weighted by Crippen LogP contribution is -2.24. The number of nitrogens with one attached hydrogen (secondary N) is 1. The van der Waals surface area contributed by atoms with Crippen LogP contribution in [0.15, 0.2) is 29.1 Å². The number of aromatic nitrogens is 2. The van der Waals surface area contributed by atoms with E-state index in [-0.39, 0.29) is 16.9 Å². The number of hydrogen-bond acceptors (Lipinski definition) is 6. The van der Waals surface area contributed by atoms with E-state index in [9.17, 15) is 14.4 Å². The number of rotatable bonds is 3. The topological polar surface area (TPSA) is 107 Å². The molecule has 0 radical (unpaired) electrons. The fraction of sp³-hybridized carbons (Fsp3) is 0.176. The standard InChI is InChI=1S/C17H14N4O3S/c1-2-3-12-19-10-5-4-8(6-11(10)25-12)21-13(22)7-9-14(15(21)18)17(24)20-16(9)23/h4-7H,2-3,18H2,1H3,(H,20,23,24). The van der Waals surface area contributed by atoms with Gasteiger partial charge < -0.3 is 5.73 Å². The van der Waals surface area contributed by atoms with Crippen LogP contribution in [0.5, 0.6) is 0 Å². The number of pyridine rings is 1. The summed E-state index contributed by atoms with van der Waals surface area (Å²) >= 11 is 1.57. The molecule has 0 unspecified atom stereocenters. The lowest BCUT2D eigenvalue weighted by Gasteiger charge is -2.11. The monoisotopic (exact) mass is 354 g/mol. The van der Waals surface area contributed by atoms with Crippen LogP contribution < -0.4 is 16.6 Å². The number of aryl methyl sites for hydroxylation is 1. The maximum Gasteiger partial charge on any atom is 0.262 e. The fourth-order valence-electron chi connectivity index (χ4n) is 2.97. The van der Waals surface area contributed by atoms with Gasteiger partial charge in [-0.25, -0.2) is 4.98 Å². The van der Waals surface area contributed by atoms with E-state index in [1.807, 2.05) is 12.1 Å². The van der Waals surface area contributed by atoms with E-state index in [1.54, 1.807) is 17.4 Å². The SMILES string of the molecule is CCCc1nc2ccc(-n3c(N)c4c(cc3=O)C(=O)NC4=O)cc2s1. The van der Waals surface area contributed by atoms with E-state index in [0.717, 1.165) is 34.1 Å². The number of carbonyl (C=O) groups is 2. The number of hydrogen-bond donors (Lipinski definition) is 2. The molecule has 8 heteroatoms. The second-order valence-corrected chi connectivity index (χ2v) is 6.90. The smallest absolute Gasteiger partial charge is 0.262 e. The summed E-state index contributed by atoms with van der Waals surface area (Å²) in [6, 6.07) is 6.53. The lowest BCUT2D eigenvalue weighted by atomic mass is 10.1. The Bertz CT molecular complexity index is 1110. The van der Waals surface area contributed by atoms with Crippen molar-refractivity contribution >= 4 is 39.2 Å². The van der Waals surface area contributed by atoms with Crippen LogP contribution in [-0.2, 0) is 6.42 Å². The number of nitrogen functional groups attached to an aromatic ring is 1. The second-order valence-electron chi connectivity index (χ2n) is 5.78. The summed E-state index contributed by atoms with van der Waals surface area (Å²) in [6.45, 7) is 2.09. The van der Waals surface area contributed by atoms with Crippen molar-refractivity contribution in [2.24, 2.45) is 0 Å². The van der Waals surface area contributed by atoms with Gasteiger partial charge in [0.15, 0.2) is 0 Å². The van der Waals surface area contributed by atoms with Gasteiger partial charge in [0.2, 0.25) is 0 Å². The number of nitrogens with two attached hydrogens (primary N) is 1. The van der Waals surface area contributed by atoms with Gasteiger partial charge in [-0.1, -0.05) is 6.92 Å². The Kier molecular flexibility index (Phi) is 3.43. The van der Waals surface area contributed by atoms with Gasteiger partial charge >= 0.3 is 0 Å². The van der Waals surface area contributed by atoms with Crippen molar-refractivity contribution in [1.82, 2.24) is 14.9 Å². The van der Waals surface area contributed by atoms with Gasteiger partial charge in [-0.3, -0.25) is 24.3 Å². The van der Waals surface area contributed by atoms with Crippen LogP contribution in [0.3, 0.4) is 0 Å². The van der Waals surface area contributed by atoms with Crippen LogP contribution in [0.4, 0.5) is 5.82 Å². The molecule has 2 amide bonds. The molecule has 0 bridgehead atoms. The summed E-state index contributed by atoms with van der Waals surface area (Å²) in [5.74, 6) is -1.23. The third-order valence-electron chi connectivity index (χ3n) is 4.09. The average Bonchev–Trinajstić information content (AvgIpc) is 3.08. The minimum Gasteiger partial charge on any atom is -0.384 e. The molecular formula is C17H14N4O3S. The number of imide groups is 1. The average molecular weight is 354 g/mol. The summed E-state index contributed by atoms with van der Waals surface area (Å²) in [4.78, 5) is 40.7. The maximum absolute atomic E-state index is 12.5. The number of carbonyl (C=O) groups excluding carboxylic acids is 2. The Morgan fingerprint density at radius 3 is 2.76 bits per heavy atom. The van der Waals surface area contributed by atoms with Crippen molar-refractivity contribution in [2.75, 3.05) is 5.73 Å². The molecule has 0 saturated carbocycles. The first-order valence-corrected chi connectivity index (χ1v) is 8.62. The van der Waals surface area contributed by atoms with Crippen LogP contribution in [0.25, 0.3) is 15.9 Å². The summed E-state index contributed by atoms with van der Waals surface area (Å²) in [5.41, 5.74) is 7.06. The lowest BCUT2D eigenvalue weighted by molar-refractivity contribution is 0.0880. The predicted molar refractivity (Wildman–Crippen MR) is 95.4 cm³/mol. The number of amides is 2. The van der Waals surface area contributed by atoms with Crippen molar-refractivity contribution in [3.05, 3.63) is 50.8 Å². The molecule has 1 aromatic carbocycles. The molecule has 25 heavy (non-hydrogen) atoms. The van der Waals surface area contributed by atoms with Gasteiger partial charge in [0.1, 0.15) is 5.82 Å². The van der Waals surface area contributed by atoms with Crippen LogP contribution in [0.1, 0.15) is 39.1 Å². The van der Waals surface area contributed by atoms with E-state index in [4.69, 9.17) is 5.73 Å². The molecule has 3 heterocycles. The van der Waals surface area contributed by atoms with Gasteiger partial charge in [0.25, 0.3) is 17.4 Å². The van der Waals surface area contributed by atoms with Gasteiger partial charge in [0, 0.05) is 6.07 Å². The van der Waals surface area contributed by atoms with Crippen molar-refractivity contribution < 1.29 is 9.59 Å². The van der Waals surface area contributed by atoms with Crippen molar-refractivity contribution in [3.63, 3.8) is 0 Å². The molecule has 126 valence electrons. The molecule has 0 aliphatic carbocycles. The molecule has 2 aromatic heterocycles. The van der Waals surface area contributed by atoms with Gasteiger partial charge in [-0.05, 0) is 31.0 Å². The zero-order valence-electron chi connectivity index (χ0n) is 13.3. The molecule has 0 atom stereocenters. The minimum atomic E-state index is -0.599. The molecule has 7 nitrogen and oxygen atoms in total. The maximum atomic E-state index is 12.5. The first kappa shape index (κ1) is 15.5. The van der Waals surface area contributed by atoms with Crippen molar-refractivity contribution in [3.8, 4) is 5.69 Å². The summed E-state index contributed by atoms with van der Waals surface area (Å²) in [6.07, 6.45) is 1.91. The van der Waals surface area contributed by atoms with E-state index < -0.39 is 17.4 Å². The summed E-state index contributed by atoms with van der Waals surface area (Å²) in [7, 11) is 0. The third-order valence-corrected chi connectivity index (χ3v) is 5.17. The van der Waals surface area contributed by atoms with Gasteiger partial charge in [-0.2, -0.15) is 0 Å².